The van der Waals surface area contributed by atoms with Crippen LogP contribution >= 0.6 is 0 Å². The third-order valence-electron chi connectivity index (χ3n) is 4.91. The maximum absolute atomic E-state index is 12.5. The minimum absolute atomic E-state index is 0.0500. The zero-order valence-electron chi connectivity index (χ0n) is 17.6. The van der Waals surface area contributed by atoms with Gasteiger partial charge in [0, 0.05) is 51.4 Å². The van der Waals surface area contributed by atoms with Crippen molar-refractivity contribution in [1.29, 1.82) is 0 Å². The second kappa shape index (κ2) is 9.08. The van der Waals surface area contributed by atoms with Crippen molar-refractivity contribution in [3.63, 3.8) is 0 Å². The van der Waals surface area contributed by atoms with Crippen molar-refractivity contribution in [2.24, 2.45) is 7.05 Å². The van der Waals surface area contributed by atoms with Crippen LogP contribution in [0.3, 0.4) is 0 Å². The molecule has 2 aromatic heterocycles. The number of anilines is 2. The lowest BCUT2D eigenvalue weighted by Crippen LogP contribution is -2.31. The van der Waals surface area contributed by atoms with E-state index in [0.717, 1.165) is 24.7 Å². The highest BCUT2D eigenvalue weighted by molar-refractivity contribution is 7.89. The molecule has 0 radical (unpaired) electrons. The van der Waals surface area contributed by atoms with Crippen molar-refractivity contribution in [3.8, 4) is 0 Å². The minimum atomic E-state index is -3.65. The van der Waals surface area contributed by atoms with Crippen molar-refractivity contribution < 1.29 is 8.42 Å². The van der Waals surface area contributed by atoms with Gasteiger partial charge in [-0.3, -0.25) is 0 Å². The first-order chi connectivity index (χ1) is 13.8. The Morgan fingerprint density at radius 3 is 2.48 bits per heavy atom. The molecule has 2 N–H and O–H groups in total. The second-order valence-electron chi connectivity index (χ2n) is 7.73. The lowest BCUT2D eigenvalue weighted by molar-refractivity contribution is 0.572. The Balaban J connectivity index is 1.57. The van der Waals surface area contributed by atoms with Crippen LogP contribution in [-0.4, -0.2) is 54.1 Å². The van der Waals surface area contributed by atoms with Crippen LogP contribution in [0.4, 0.5) is 11.6 Å². The Kier molecular flexibility index (Phi) is 6.74. The van der Waals surface area contributed by atoms with Crippen LogP contribution in [0.5, 0.6) is 0 Å². The topological polar surface area (TPSA) is 105 Å². The first-order valence-electron chi connectivity index (χ1n) is 10.1. The molecular formula is C19H31N7O2S. The van der Waals surface area contributed by atoms with E-state index >= 15 is 0 Å². The van der Waals surface area contributed by atoms with Gasteiger partial charge in [0.05, 0.1) is 0 Å². The van der Waals surface area contributed by atoms with Crippen molar-refractivity contribution in [2.75, 3.05) is 36.4 Å². The number of aromatic nitrogens is 4. The number of aryl methyl sites for hydroxylation is 2. The average molecular weight is 422 g/mol. The highest BCUT2D eigenvalue weighted by Crippen LogP contribution is 2.20. The number of imidazole rings is 1. The zero-order chi connectivity index (χ0) is 21.0. The van der Waals surface area contributed by atoms with Crippen molar-refractivity contribution in [1.82, 2.24) is 24.2 Å². The summed E-state index contributed by atoms with van der Waals surface area (Å²) in [4.78, 5) is 15.5. The van der Waals surface area contributed by atoms with Gasteiger partial charge in [-0.15, -0.1) is 0 Å². The molecule has 160 valence electrons. The maximum Gasteiger partial charge on any atom is 0.259 e. The molecule has 1 saturated heterocycles. The van der Waals surface area contributed by atoms with E-state index in [1.54, 1.807) is 17.8 Å². The van der Waals surface area contributed by atoms with Gasteiger partial charge in [-0.05, 0) is 26.2 Å². The summed E-state index contributed by atoms with van der Waals surface area (Å²) in [6, 6.07) is 1.93. The third kappa shape index (κ3) is 5.45. The molecule has 3 heterocycles. The number of rotatable bonds is 8. The lowest BCUT2D eigenvalue weighted by atomic mass is 10.1. The fourth-order valence-corrected chi connectivity index (χ4v) is 4.52. The summed E-state index contributed by atoms with van der Waals surface area (Å²) in [5.74, 6) is 3.23. The van der Waals surface area contributed by atoms with Gasteiger partial charge in [-0.1, -0.05) is 13.8 Å². The molecule has 1 aliphatic rings. The Morgan fingerprint density at radius 2 is 1.83 bits per heavy atom. The van der Waals surface area contributed by atoms with Crippen LogP contribution in [0.15, 0.2) is 17.3 Å². The molecule has 0 spiro atoms. The summed E-state index contributed by atoms with van der Waals surface area (Å²) in [5.41, 5.74) is 0. The molecule has 10 heteroatoms. The van der Waals surface area contributed by atoms with E-state index in [0.29, 0.717) is 18.2 Å². The number of nitrogens with one attached hydrogen (secondary N) is 2. The SMILES string of the molecule is Cc1nc(NCCNS(=O)(=O)c2cn(C)c(C(C)C)n2)cc(N2CCCCC2)n1. The van der Waals surface area contributed by atoms with E-state index in [2.05, 4.69) is 29.9 Å². The molecule has 0 amide bonds. The highest BCUT2D eigenvalue weighted by atomic mass is 32.2. The van der Waals surface area contributed by atoms with Gasteiger partial charge in [0.1, 0.15) is 23.3 Å². The van der Waals surface area contributed by atoms with Crippen LogP contribution in [0.1, 0.15) is 50.7 Å². The molecule has 2 aromatic rings. The Bertz CT molecular complexity index is 934. The van der Waals surface area contributed by atoms with E-state index in [9.17, 15) is 8.42 Å². The number of sulfonamides is 1. The molecule has 0 aliphatic carbocycles. The molecule has 1 aliphatic heterocycles. The molecular weight excluding hydrogens is 390 g/mol. The van der Waals surface area contributed by atoms with E-state index < -0.39 is 10.0 Å². The van der Waals surface area contributed by atoms with Crippen molar-refractivity contribution in [3.05, 3.63) is 23.9 Å². The fraction of sp³-hybridized carbons (Fsp3) is 0.632. The van der Waals surface area contributed by atoms with Gasteiger partial charge < -0.3 is 14.8 Å². The normalized spacial score (nSPS) is 15.1. The lowest BCUT2D eigenvalue weighted by Gasteiger charge is -2.28. The van der Waals surface area contributed by atoms with E-state index in [4.69, 9.17) is 0 Å². The summed E-state index contributed by atoms with van der Waals surface area (Å²) in [6.07, 6.45) is 5.17. The summed E-state index contributed by atoms with van der Waals surface area (Å²) in [7, 11) is -1.84. The van der Waals surface area contributed by atoms with Gasteiger partial charge in [0.25, 0.3) is 10.0 Å². The van der Waals surface area contributed by atoms with Gasteiger partial charge in [0.15, 0.2) is 5.03 Å². The van der Waals surface area contributed by atoms with Gasteiger partial charge in [0.2, 0.25) is 0 Å². The van der Waals surface area contributed by atoms with Crippen molar-refractivity contribution in [2.45, 2.75) is 51.0 Å². The minimum Gasteiger partial charge on any atom is -0.369 e. The summed E-state index contributed by atoms with van der Waals surface area (Å²) in [5, 5.41) is 3.24. The first kappa shape index (κ1) is 21.5. The van der Waals surface area contributed by atoms with Crippen LogP contribution < -0.4 is 14.9 Å². The van der Waals surface area contributed by atoms with Gasteiger partial charge >= 0.3 is 0 Å². The van der Waals surface area contributed by atoms with Crippen LogP contribution in [0, 0.1) is 6.92 Å². The van der Waals surface area contributed by atoms with E-state index in [1.165, 1.54) is 19.3 Å². The second-order valence-corrected chi connectivity index (χ2v) is 9.45. The Morgan fingerprint density at radius 1 is 1.10 bits per heavy atom. The molecule has 3 rings (SSSR count). The largest absolute Gasteiger partial charge is 0.369 e. The van der Waals surface area contributed by atoms with Gasteiger partial charge in [-0.25, -0.2) is 28.1 Å². The molecule has 0 aromatic carbocycles. The van der Waals surface area contributed by atoms with Crippen LogP contribution in [0.25, 0.3) is 0 Å². The van der Waals surface area contributed by atoms with E-state index in [-0.39, 0.29) is 17.5 Å². The number of hydrogen-bond acceptors (Lipinski definition) is 7. The van der Waals surface area contributed by atoms with Crippen LogP contribution in [-0.2, 0) is 17.1 Å². The standard InChI is InChI=1S/C19H31N7O2S/c1-14(2)19-24-18(13-25(19)4)29(27,28)21-9-8-20-16-12-17(23-15(3)22-16)26-10-6-5-7-11-26/h12-14,21H,5-11H2,1-4H3,(H,20,22,23). The van der Waals surface area contributed by atoms with E-state index in [1.807, 2.05) is 26.8 Å². The number of hydrogen-bond donors (Lipinski definition) is 2. The summed E-state index contributed by atoms with van der Waals surface area (Å²) in [6.45, 7) is 8.51. The molecule has 9 nitrogen and oxygen atoms in total. The monoisotopic (exact) mass is 421 g/mol. The van der Waals surface area contributed by atoms with Gasteiger partial charge in [-0.2, -0.15) is 0 Å². The Labute approximate surface area is 173 Å². The predicted molar refractivity (Wildman–Crippen MR) is 114 cm³/mol. The third-order valence-corrected chi connectivity index (χ3v) is 6.24. The molecule has 0 atom stereocenters. The fourth-order valence-electron chi connectivity index (χ4n) is 3.50. The summed E-state index contributed by atoms with van der Waals surface area (Å²) >= 11 is 0. The molecule has 0 saturated carbocycles. The predicted octanol–water partition coefficient (Wildman–Crippen LogP) is 2.02. The average Bonchev–Trinajstić information content (AvgIpc) is 3.09. The summed E-state index contributed by atoms with van der Waals surface area (Å²) < 4.78 is 29.3. The Hall–Kier alpha value is -2.20. The highest BCUT2D eigenvalue weighted by Gasteiger charge is 2.20. The quantitative estimate of drug-likeness (QED) is 0.628. The maximum atomic E-state index is 12.5. The molecule has 0 bridgehead atoms. The smallest absolute Gasteiger partial charge is 0.259 e. The number of piperidine rings is 1. The number of nitrogens with zero attached hydrogens (tertiary/aromatic N) is 5. The molecule has 0 unspecified atom stereocenters. The first-order valence-corrected chi connectivity index (χ1v) is 11.6. The zero-order valence-corrected chi connectivity index (χ0v) is 18.5. The van der Waals surface area contributed by atoms with Crippen LogP contribution in [0.2, 0.25) is 0 Å². The van der Waals surface area contributed by atoms with Crippen molar-refractivity contribution >= 4 is 21.7 Å². The molecule has 1 fully saturated rings. The molecule has 29 heavy (non-hydrogen) atoms.